The molecule has 0 spiro atoms. The highest BCUT2D eigenvalue weighted by Crippen LogP contribution is 2.12. The minimum absolute atomic E-state index is 0.211. The van der Waals surface area contributed by atoms with Crippen LogP contribution in [0.15, 0.2) is 35.9 Å². The van der Waals surface area contributed by atoms with Crippen molar-refractivity contribution >= 4 is 0 Å². The van der Waals surface area contributed by atoms with Gasteiger partial charge in [-0.2, -0.15) is 0 Å². The van der Waals surface area contributed by atoms with Gasteiger partial charge in [-0.05, 0) is 24.1 Å². The van der Waals surface area contributed by atoms with Crippen LogP contribution in [0.25, 0.3) is 0 Å². The van der Waals surface area contributed by atoms with E-state index in [0.29, 0.717) is 13.0 Å². The van der Waals surface area contributed by atoms with Crippen molar-refractivity contribution in [3.63, 3.8) is 0 Å². The van der Waals surface area contributed by atoms with Crippen LogP contribution in [0.5, 0.6) is 0 Å². The summed E-state index contributed by atoms with van der Waals surface area (Å²) in [4.78, 5) is 0. The highest BCUT2D eigenvalue weighted by atomic mass is 19.1. The van der Waals surface area contributed by atoms with E-state index in [2.05, 4.69) is 5.32 Å². The molecule has 2 rings (SSSR count). The lowest BCUT2D eigenvalue weighted by atomic mass is 10.0. The summed E-state index contributed by atoms with van der Waals surface area (Å²) in [7, 11) is 0. The highest BCUT2D eigenvalue weighted by molar-refractivity contribution is 5.25. The zero-order valence-corrected chi connectivity index (χ0v) is 8.41. The van der Waals surface area contributed by atoms with Gasteiger partial charge in [0.05, 0.1) is 6.10 Å². The zero-order chi connectivity index (χ0) is 10.7. The molecule has 0 bridgehead atoms. The molecule has 1 aliphatic heterocycles. The topological polar surface area (TPSA) is 32.3 Å². The van der Waals surface area contributed by atoms with Gasteiger partial charge in [-0.15, -0.1) is 0 Å². The van der Waals surface area contributed by atoms with Crippen LogP contribution in [0.1, 0.15) is 5.56 Å². The van der Waals surface area contributed by atoms with Crippen LogP contribution in [0.3, 0.4) is 0 Å². The third-order valence-electron chi connectivity index (χ3n) is 2.45. The fraction of sp³-hybridized carbons (Fsp3) is 0.333. The predicted octanol–water partition coefficient (Wildman–Crippen LogP) is 1.26. The maximum Gasteiger partial charge on any atom is 0.123 e. The van der Waals surface area contributed by atoms with Crippen LogP contribution in [-0.2, 0) is 6.42 Å². The van der Waals surface area contributed by atoms with Crippen LogP contribution in [0.2, 0.25) is 0 Å². The van der Waals surface area contributed by atoms with Crippen molar-refractivity contribution in [3.8, 4) is 0 Å². The number of aliphatic hydroxyl groups excluding tert-OH is 1. The summed E-state index contributed by atoms with van der Waals surface area (Å²) in [6.07, 6.45) is 2.13. The van der Waals surface area contributed by atoms with Crippen molar-refractivity contribution in [1.29, 1.82) is 0 Å². The van der Waals surface area contributed by atoms with E-state index >= 15 is 0 Å². The van der Waals surface area contributed by atoms with Crippen LogP contribution in [0, 0.1) is 5.82 Å². The van der Waals surface area contributed by atoms with E-state index in [1.165, 1.54) is 12.1 Å². The van der Waals surface area contributed by atoms with Crippen LogP contribution in [0.4, 0.5) is 4.39 Å². The summed E-state index contributed by atoms with van der Waals surface area (Å²) in [5, 5.41) is 12.5. The Morgan fingerprint density at radius 2 is 2.33 bits per heavy atom. The number of rotatable bonds is 2. The molecule has 1 heterocycles. The molecular weight excluding hydrogens is 193 g/mol. The van der Waals surface area contributed by atoms with Gasteiger partial charge in [0.2, 0.25) is 0 Å². The van der Waals surface area contributed by atoms with Crippen molar-refractivity contribution < 1.29 is 9.50 Å². The summed E-state index contributed by atoms with van der Waals surface area (Å²) in [5.41, 5.74) is 2.05. The number of benzene rings is 1. The van der Waals surface area contributed by atoms with Crippen molar-refractivity contribution in [1.82, 2.24) is 5.32 Å². The lowest BCUT2D eigenvalue weighted by Gasteiger charge is -2.18. The zero-order valence-electron chi connectivity index (χ0n) is 8.41. The molecule has 2 nitrogen and oxygen atoms in total. The Balaban J connectivity index is 2.08. The van der Waals surface area contributed by atoms with Crippen molar-refractivity contribution in [2.45, 2.75) is 12.5 Å². The van der Waals surface area contributed by atoms with Crippen LogP contribution < -0.4 is 5.32 Å². The molecule has 1 aromatic rings. The molecule has 1 aromatic carbocycles. The van der Waals surface area contributed by atoms with Gasteiger partial charge in [-0.3, -0.25) is 0 Å². The number of β-amino-alcohol motifs (C(OH)–C–C–N with tert-alkyl or cyclic N) is 1. The maximum atomic E-state index is 12.9. The third-order valence-corrected chi connectivity index (χ3v) is 2.45. The third kappa shape index (κ3) is 2.88. The quantitative estimate of drug-likeness (QED) is 0.715. The maximum absolute atomic E-state index is 12.9. The molecule has 0 saturated heterocycles. The van der Waals surface area contributed by atoms with E-state index in [4.69, 9.17) is 0 Å². The van der Waals surface area contributed by atoms with Gasteiger partial charge in [-0.25, -0.2) is 4.39 Å². The monoisotopic (exact) mass is 207 g/mol. The van der Waals surface area contributed by atoms with Crippen LogP contribution in [-0.4, -0.2) is 24.3 Å². The van der Waals surface area contributed by atoms with E-state index in [9.17, 15) is 9.50 Å². The molecule has 0 fully saturated rings. The Hall–Kier alpha value is -1.19. The fourth-order valence-electron chi connectivity index (χ4n) is 1.80. The molecule has 2 N–H and O–H groups in total. The SMILES string of the molecule is OC1C=C(Cc2cccc(F)c2)CNC1. The first-order chi connectivity index (χ1) is 7.24. The van der Waals surface area contributed by atoms with E-state index in [0.717, 1.165) is 17.7 Å². The van der Waals surface area contributed by atoms with Gasteiger partial charge >= 0.3 is 0 Å². The summed E-state index contributed by atoms with van der Waals surface area (Å²) >= 11 is 0. The second kappa shape index (κ2) is 4.55. The van der Waals surface area contributed by atoms with E-state index in [-0.39, 0.29) is 5.82 Å². The Morgan fingerprint density at radius 1 is 1.47 bits per heavy atom. The lowest BCUT2D eigenvalue weighted by molar-refractivity contribution is 0.213. The summed E-state index contributed by atoms with van der Waals surface area (Å²) in [5.74, 6) is -0.211. The Kier molecular flexibility index (Phi) is 3.14. The molecule has 15 heavy (non-hydrogen) atoms. The molecule has 0 radical (unpaired) electrons. The first kappa shape index (κ1) is 10.3. The minimum atomic E-state index is -0.415. The van der Waals surface area contributed by atoms with E-state index in [1.54, 1.807) is 6.07 Å². The van der Waals surface area contributed by atoms with E-state index in [1.807, 2.05) is 12.1 Å². The standard InChI is InChI=1S/C12H14FNO/c13-11-3-1-2-9(5-11)4-10-6-12(15)8-14-7-10/h1-3,5-6,12,14-15H,4,7-8H2. The van der Waals surface area contributed by atoms with Gasteiger partial charge in [0.1, 0.15) is 5.82 Å². The Morgan fingerprint density at radius 3 is 3.07 bits per heavy atom. The number of aliphatic hydroxyl groups is 1. The number of hydrogen-bond acceptors (Lipinski definition) is 2. The summed E-state index contributed by atoms with van der Waals surface area (Å²) in [6.45, 7) is 1.38. The van der Waals surface area contributed by atoms with E-state index < -0.39 is 6.10 Å². The molecule has 0 aromatic heterocycles. The van der Waals surface area contributed by atoms with Crippen molar-refractivity contribution in [2.24, 2.45) is 0 Å². The van der Waals surface area contributed by atoms with Gasteiger partial charge in [0, 0.05) is 13.1 Å². The molecule has 0 saturated carbocycles. The van der Waals surface area contributed by atoms with Gasteiger partial charge in [-0.1, -0.05) is 23.8 Å². The number of halogens is 1. The highest BCUT2D eigenvalue weighted by Gasteiger charge is 2.10. The first-order valence-corrected chi connectivity index (χ1v) is 5.07. The average molecular weight is 207 g/mol. The molecule has 80 valence electrons. The summed E-state index contributed by atoms with van der Waals surface area (Å²) < 4.78 is 12.9. The smallest absolute Gasteiger partial charge is 0.123 e. The fourth-order valence-corrected chi connectivity index (χ4v) is 1.80. The number of nitrogens with one attached hydrogen (secondary N) is 1. The molecule has 0 aliphatic carbocycles. The Bertz CT molecular complexity index is 376. The second-order valence-electron chi connectivity index (χ2n) is 3.83. The Labute approximate surface area is 88.4 Å². The molecule has 0 amide bonds. The molecular formula is C12H14FNO. The second-order valence-corrected chi connectivity index (χ2v) is 3.83. The van der Waals surface area contributed by atoms with Crippen LogP contribution >= 0.6 is 0 Å². The van der Waals surface area contributed by atoms with Gasteiger partial charge in [0.15, 0.2) is 0 Å². The molecule has 3 heteroatoms. The summed E-state index contributed by atoms with van der Waals surface area (Å²) in [6, 6.07) is 6.57. The predicted molar refractivity (Wildman–Crippen MR) is 57.1 cm³/mol. The average Bonchev–Trinajstić information content (AvgIpc) is 2.17. The van der Waals surface area contributed by atoms with Gasteiger partial charge < -0.3 is 10.4 Å². The molecule has 1 unspecified atom stereocenters. The lowest BCUT2D eigenvalue weighted by Crippen LogP contribution is -2.32. The van der Waals surface area contributed by atoms with Gasteiger partial charge in [0.25, 0.3) is 0 Å². The van der Waals surface area contributed by atoms with Crippen molar-refractivity contribution in [2.75, 3.05) is 13.1 Å². The largest absolute Gasteiger partial charge is 0.388 e. The normalized spacial score (nSPS) is 21.2. The minimum Gasteiger partial charge on any atom is -0.388 e. The molecule has 1 aliphatic rings. The van der Waals surface area contributed by atoms with Crippen molar-refractivity contribution in [3.05, 3.63) is 47.3 Å². The number of hydrogen-bond donors (Lipinski definition) is 2. The first-order valence-electron chi connectivity index (χ1n) is 5.07. The molecule has 1 atom stereocenters.